The molecule has 2 fully saturated rings. The molecule has 0 unspecified atom stereocenters. The first-order valence-electron chi connectivity index (χ1n) is 8.11. The quantitative estimate of drug-likeness (QED) is 0.729. The summed E-state index contributed by atoms with van der Waals surface area (Å²) in [6, 6.07) is 2.00. The summed E-state index contributed by atoms with van der Waals surface area (Å²) in [5.41, 5.74) is -0.710. The van der Waals surface area contributed by atoms with Crippen LogP contribution in [0.3, 0.4) is 0 Å². The molecular formula is C15H26N4O3Si. The highest BCUT2D eigenvalue weighted by Gasteiger charge is 2.46. The fraction of sp³-hybridized carbons (Fsp3) is 0.800. The van der Waals surface area contributed by atoms with Crippen molar-refractivity contribution in [3.8, 4) is 6.07 Å². The number of hydrogen-bond donors (Lipinski definition) is 2. The van der Waals surface area contributed by atoms with Crippen molar-refractivity contribution in [2.45, 2.75) is 50.1 Å². The molecule has 0 aromatic carbocycles. The first-order chi connectivity index (χ1) is 10.7. The lowest BCUT2D eigenvalue weighted by Crippen LogP contribution is -2.56. The number of nitriles is 1. The third kappa shape index (κ3) is 5.22. The predicted octanol–water partition coefficient (Wildman–Crippen LogP) is 0.907. The molecule has 8 heteroatoms. The van der Waals surface area contributed by atoms with Gasteiger partial charge in [-0.1, -0.05) is 19.6 Å². The van der Waals surface area contributed by atoms with Gasteiger partial charge in [0.1, 0.15) is 11.6 Å². The molecule has 0 aromatic heterocycles. The van der Waals surface area contributed by atoms with Gasteiger partial charge in [-0.2, -0.15) is 5.26 Å². The molecule has 0 aromatic rings. The van der Waals surface area contributed by atoms with Crippen LogP contribution in [0.15, 0.2) is 0 Å². The van der Waals surface area contributed by atoms with Gasteiger partial charge >= 0.3 is 6.03 Å². The van der Waals surface area contributed by atoms with Crippen LogP contribution in [0.4, 0.5) is 4.79 Å². The maximum atomic E-state index is 12.6. The van der Waals surface area contributed by atoms with Crippen LogP contribution in [-0.2, 0) is 9.53 Å². The molecule has 1 saturated carbocycles. The van der Waals surface area contributed by atoms with Crippen molar-refractivity contribution >= 4 is 20.0 Å². The zero-order chi connectivity index (χ0) is 17.1. The fourth-order valence-corrected chi connectivity index (χ4v) is 4.05. The zero-order valence-corrected chi connectivity index (χ0v) is 15.1. The first-order valence-corrected chi connectivity index (χ1v) is 11.8. The third-order valence-electron chi connectivity index (χ3n) is 4.06. The summed E-state index contributed by atoms with van der Waals surface area (Å²) in [5.74, 6) is -0.243. The minimum Gasteiger partial charge on any atom is -0.378 e. The maximum absolute atomic E-state index is 12.6. The second-order valence-electron chi connectivity index (χ2n) is 7.55. The van der Waals surface area contributed by atoms with E-state index in [1.165, 1.54) is 0 Å². The molecule has 1 aliphatic carbocycles. The molecule has 7 nitrogen and oxygen atoms in total. The van der Waals surface area contributed by atoms with E-state index >= 15 is 0 Å². The van der Waals surface area contributed by atoms with Gasteiger partial charge in [0.25, 0.3) is 0 Å². The lowest BCUT2D eigenvalue weighted by Gasteiger charge is -2.31. The summed E-state index contributed by atoms with van der Waals surface area (Å²) in [6.45, 7) is 8.60. The van der Waals surface area contributed by atoms with Crippen molar-refractivity contribution in [1.82, 2.24) is 15.5 Å². The summed E-state index contributed by atoms with van der Waals surface area (Å²) < 4.78 is 5.24. The third-order valence-corrected chi connectivity index (χ3v) is 5.69. The number of carbonyl (C=O) groups excluding carboxylic acids is 2. The van der Waals surface area contributed by atoms with Crippen LogP contribution in [0.2, 0.25) is 25.7 Å². The van der Waals surface area contributed by atoms with E-state index < -0.39 is 19.7 Å². The van der Waals surface area contributed by atoms with Gasteiger partial charge in [-0.25, -0.2) is 4.79 Å². The van der Waals surface area contributed by atoms with Crippen LogP contribution in [0.25, 0.3) is 0 Å². The molecule has 1 heterocycles. The number of nitrogens with one attached hydrogen (secondary N) is 2. The molecule has 3 amide bonds. The van der Waals surface area contributed by atoms with Crippen molar-refractivity contribution in [1.29, 1.82) is 5.26 Å². The number of nitrogens with zero attached hydrogens (tertiary/aromatic N) is 2. The lowest BCUT2D eigenvalue weighted by atomic mass is 10.2. The Kier molecular flexibility index (Phi) is 5.32. The fourth-order valence-electron chi connectivity index (χ4n) is 2.54. The van der Waals surface area contributed by atoms with Crippen molar-refractivity contribution < 1.29 is 14.3 Å². The van der Waals surface area contributed by atoms with Gasteiger partial charge in [0.05, 0.1) is 19.3 Å². The zero-order valence-electron chi connectivity index (χ0n) is 14.1. The van der Waals surface area contributed by atoms with Gasteiger partial charge in [0, 0.05) is 21.2 Å². The Bertz CT molecular complexity index is 502. The van der Waals surface area contributed by atoms with Crippen LogP contribution in [-0.4, -0.2) is 62.8 Å². The topological polar surface area (TPSA) is 94.5 Å². The maximum Gasteiger partial charge on any atom is 0.318 e. The number of amides is 3. The lowest BCUT2D eigenvalue weighted by molar-refractivity contribution is -0.123. The minimum atomic E-state index is -1.57. The summed E-state index contributed by atoms with van der Waals surface area (Å²) >= 11 is 0. The molecular weight excluding hydrogens is 312 g/mol. The number of morpholine rings is 1. The Morgan fingerprint density at radius 1 is 1.30 bits per heavy atom. The number of carbonyl (C=O) groups is 2. The van der Waals surface area contributed by atoms with E-state index in [4.69, 9.17) is 10.00 Å². The molecule has 23 heavy (non-hydrogen) atoms. The van der Waals surface area contributed by atoms with Gasteiger partial charge in [-0.3, -0.25) is 4.79 Å². The summed E-state index contributed by atoms with van der Waals surface area (Å²) in [4.78, 5) is 26.6. The predicted molar refractivity (Wildman–Crippen MR) is 88.6 cm³/mol. The molecule has 2 rings (SSSR count). The monoisotopic (exact) mass is 338 g/mol. The van der Waals surface area contributed by atoms with Crippen LogP contribution < -0.4 is 10.6 Å². The van der Waals surface area contributed by atoms with Crippen molar-refractivity contribution in [3.05, 3.63) is 0 Å². The molecule has 2 N–H and O–H groups in total. The van der Waals surface area contributed by atoms with Crippen molar-refractivity contribution in [3.63, 3.8) is 0 Å². The highest BCUT2D eigenvalue weighted by molar-refractivity contribution is 6.76. The Hall–Kier alpha value is -1.59. The first kappa shape index (κ1) is 17.8. The number of urea groups is 1. The average Bonchev–Trinajstić information content (AvgIpc) is 3.26. The van der Waals surface area contributed by atoms with E-state index in [0.717, 1.165) is 0 Å². The van der Waals surface area contributed by atoms with E-state index in [1.54, 1.807) is 4.90 Å². The van der Waals surface area contributed by atoms with Crippen LogP contribution in [0.1, 0.15) is 12.8 Å². The average molecular weight is 338 g/mol. The Labute approximate surface area is 138 Å². The molecule has 128 valence electrons. The summed E-state index contributed by atoms with van der Waals surface area (Å²) in [6.07, 6.45) is 1.37. The van der Waals surface area contributed by atoms with Crippen LogP contribution >= 0.6 is 0 Å². The largest absolute Gasteiger partial charge is 0.378 e. The smallest absolute Gasteiger partial charge is 0.318 e. The molecule has 0 spiro atoms. The molecule has 1 saturated heterocycles. The van der Waals surface area contributed by atoms with Crippen molar-refractivity contribution in [2.75, 3.05) is 26.3 Å². The second kappa shape index (κ2) is 6.89. The van der Waals surface area contributed by atoms with Gasteiger partial charge in [-0.15, -0.1) is 0 Å². The number of hydrogen-bond acceptors (Lipinski definition) is 4. The van der Waals surface area contributed by atoms with Gasteiger partial charge in [-0.05, 0) is 18.9 Å². The minimum absolute atomic E-state index is 0.228. The molecule has 2 aliphatic rings. The summed E-state index contributed by atoms with van der Waals surface area (Å²) in [5, 5.41) is 14.8. The Balaban J connectivity index is 2.00. The van der Waals surface area contributed by atoms with Gasteiger partial charge < -0.3 is 20.3 Å². The molecule has 0 radical (unpaired) electrons. The molecule has 1 atom stereocenters. The SMILES string of the molecule is C[Si](C)(C)C[C@H](NC(=O)N1CCOCC1)C(=O)NC1(C#N)CC1. The van der Waals surface area contributed by atoms with Crippen LogP contribution in [0, 0.1) is 11.3 Å². The Morgan fingerprint density at radius 3 is 2.39 bits per heavy atom. The van der Waals surface area contributed by atoms with E-state index in [0.29, 0.717) is 45.2 Å². The van der Waals surface area contributed by atoms with E-state index in [-0.39, 0.29) is 11.9 Å². The number of ether oxygens (including phenoxy) is 1. The highest BCUT2D eigenvalue weighted by atomic mass is 28.3. The van der Waals surface area contributed by atoms with Crippen LogP contribution in [0.5, 0.6) is 0 Å². The normalized spacial score (nSPS) is 21.0. The molecule has 1 aliphatic heterocycles. The van der Waals surface area contributed by atoms with Gasteiger partial charge in [0.15, 0.2) is 0 Å². The Morgan fingerprint density at radius 2 is 1.91 bits per heavy atom. The standard InChI is InChI=1S/C15H26N4O3Si/c1-23(2,3)10-12(13(20)18-15(11-16)4-5-15)17-14(21)19-6-8-22-9-7-19/h12H,4-10H2,1-3H3,(H,17,21)(H,18,20)/t12-/m0/s1. The van der Waals surface area contributed by atoms with Gasteiger partial charge in [0.2, 0.25) is 5.91 Å². The number of rotatable bonds is 5. The van der Waals surface area contributed by atoms with E-state index in [1.807, 2.05) is 0 Å². The second-order valence-corrected chi connectivity index (χ2v) is 13.1. The summed E-state index contributed by atoms with van der Waals surface area (Å²) in [7, 11) is -1.57. The van der Waals surface area contributed by atoms with E-state index in [9.17, 15) is 9.59 Å². The molecule has 0 bridgehead atoms. The highest BCUT2D eigenvalue weighted by Crippen LogP contribution is 2.34. The van der Waals surface area contributed by atoms with Crippen molar-refractivity contribution in [2.24, 2.45) is 0 Å². The van der Waals surface area contributed by atoms with E-state index in [2.05, 4.69) is 36.3 Å².